The molecule has 100 valence electrons. The maximum atomic E-state index is 4.24. The summed E-state index contributed by atoms with van der Waals surface area (Å²) in [6.07, 6.45) is 4.78. The molecule has 1 aromatic rings. The van der Waals surface area contributed by atoms with Gasteiger partial charge in [-0.2, -0.15) is 5.10 Å². The Kier molecular flexibility index (Phi) is 4.93. The minimum Gasteiger partial charge on any atom is -0.369 e. The van der Waals surface area contributed by atoms with Crippen molar-refractivity contribution in [2.75, 3.05) is 18.4 Å². The van der Waals surface area contributed by atoms with E-state index in [1.54, 1.807) is 0 Å². The van der Waals surface area contributed by atoms with Gasteiger partial charge in [0.25, 0.3) is 0 Å². The zero-order valence-electron chi connectivity index (χ0n) is 11.4. The van der Waals surface area contributed by atoms with E-state index < -0.39 is 0 Å². The van der Waals surface area contributed by atoms with Gasteiger partial charge in [0, 0.05) is 12.6 Å². The molecule has 2 heterocycles. The van der Waals surface area contributed by atoms with E-state index in [0.29, 0.717) is 12.0 Å². The summed E-state index contributed by atoms with van der Waals surface area (Å²) in [5.74, 6) is 1.52. The van der Waals surface area contributed by atoms with Crippen molar-refractivity contribution in [3.8, 4) is 0 Å². The van der Waals surface area contributed by atoms with Crippen molar-refractivity contribution >= 4 is 5.82 Å². The molecular weight excluding hydrogens is 224 g/mol. The van der Waals surface area contributed by atoms with Gasteiger partial charge in [-0.25, -0.2) is 0 Å². The van der Waals surface area contributed by atoms with Crippen LogP contribution >= 0.6 is 0 Å². The first-order valence-corrected chi connectivity index (χ1v) is 7.04. The summed E-state index contributed by atoms with van der Waals surface area (Å²) in [6.45, 7) is 6.54. The molecule has 1 fully saturated rings. The molecule has 1 aromatic heterocycles. The fourth-order valence-electron chi connectivity index (χ4n) is 2.36. The van der Waals surface area contributed by atoms with Crippen molar-refractivity contribution in [1.29, 1.82) is 0 Å². The van der Waals surface area contributed by atoms with Crippen LogP contribution in [0.15, 0.2) is 12.1 Å². The first kappa shape index (κ1) is 13.3. The number of hydrogen-bond acceptors (Lipinski definition) is 4. The van der Waals surface area contributed by atoms with Crippen LogP contribution in [0.5, 0.6) is 0 Å². The van der Waals surface area contributed by atoms with Gasteiger partial charge >= 0.3 is 0 Å². The molecule has 1 atom stereocenters. The zero-order chi connectivity index (χ0) is 12.8. The molecule has 0 bridgehead atoms. The van der Waals surface area contributed by atoms with Gasteiger partial charge < -0.3 is 10.6 Å². The zero-order valence-corrected chi connectivity index (χ0v) is 11.4. The van der Waals surface area contributed by atoms with E-state index in [9.17, 15) is 0 Å². The van der Waals surface area contributed by atoms with Crippen molar-refractivity contribution in [3.05, 3.63) is 17.8 Å². The third-order valence-electron chi connectivity index (χ3n) is 3.30. The number of nitrogens with one attached hydrogen (secondary N) is 2. The molecule has 1 saturated heterocycles. The molecule has 1 aliphatic rings. The Morgan fingerprint density at radius 2 is 2.28 bits per heavy atom. The summed E-state index contributed by atoms with van der Waals surface area (Å²) < 4.78 is 0. The largest absolute Gasteiger partial charge is 0.369 e. The number of anilines is 1. The Morgan fingerprint density at radius 1 is 1.39 bits per heavy atom. The SMILES string of the molecule is CC(C)Cc1ccc(NCCC2CCCN2)nn1. The molecule has 1 aliphatic heterocycles. The van der Waals surface area contributed by atoms with Crippen molar-refractivity contribution in [2.45, 2.75) is 45.6 Å². The standard InChI is InChI=1S/C14H24N4/c1-11(2)10-13-5-6-14(18-17-13)16-9-7-12-4-3-8-15-12/h5-6,11-12,15H,3-4,7-10H2,1-2H3,(H,16,18). The van der Waals surface area contributed by atoms with Crippen LogP contribution in [-0.2, 0) is 6.42 Å². The lowest BCUT2D eigenvalue weighted by Gasteiger charge is -2.11. The normalized spacial score (nSPS) is 19.4. The second-order valence-electron chi connectivity index (χ2n) is 5.52. The van der Waals surface area contributed by atoms with Crippen LogP contribution in [-0.4, -0.2) is 29.3 Å². The molecule has 0 amide bonds. The van der Waals surface area contributed by atoms with Gasteiger partial charge in [0.1, 0.15) is 5.82 Å². The first-order valence-electron chi connectivity index (χ1n) is 7.04. The molecule has 0 aliphatic carbocycles. The minimum absolute atomic E-state index is 0.631. The summed E-state index contributed by atoms with van der Waals surface area (Å²) in [4.78, 5) is 0. The molecular formula is C14H24N4. The summed E-state index contributed by atoms with van der Waals surface area (Å²) >= 11 is 0. The highest BCUT2D eigenvalue weighted by molar-refractivity contribution is 5.32. The van der Waals surface area contributed by atoms with Gasteiger partial charge in [-0.15, -0.1) is 5.10 Å². The van der Waals surface area contributed by atoms with Crippen LogP contribution in [0.1, 0.15) is 38.8 Å². The fraction of sp³-hybridized carbons (Fsp3) is 0.714. The van der Waals surface area contributed by atoms with E-state index in [-0.39, 0.29) is 0 Å². The number of hydrogen-bond donors (Lipinski definition) is 2. The molecule has 18 heavy (non-hydrogen) atoms. The average Bonchev–Trinajstić information content (AvgIpc) is 2.84. The highest BCUT2D eigenvalue weighted by Crippen LogP contribution is 2.10. The highest BCUT2D eigenvalue weighted by atomic mass is 15.2. The van der Waals surface area contributed by atoms with Gasteiger partial charge in [0.2, 0.25) is 0 Å². The first-order chi connectivity index (χ1) is 8.74. The lowest BCUT2D eigenvalue weighted by atomic mass is 10.1. The Hall–Kier alpha value is -1.16. The lowest BCUT2D eigenvalue weighted by molar-refractivity contribution is 0.573. The highest BCUT2D eigenvalue weighted by Gasteiger charge is 2.12. The summed E-state index contributed by atoms with van der Waals surface area (Å²) in [7, 11) is 0. The molecule has 2 N–H and O–H groups in total. The average molecular weight is 248 g/mol. The lowest BCUT2D eigenvalue weighted by Crippen LogP contribution is -2.24. The van der Waals surface area contributed by atoms with E-state index in [0.717, 1.165) is 30.9 Å². The Balaban J connectivity index is 1.72. The quantitative estimate of drug-likeness (QED) is 0.810. The summed E-state index contributed by atoms with van der Waals surface area (Å²) in [5.41, 5.74) is 1.08. The Bertz CT molecular complexity index is 341. The molecule has 0 saturated carbocycles. The van der Waals surface area contributed by atoms with Gasteiger partial charge in [0.05, 0.1) is 5.69 Å². The van der Waals surface area contributed by atoms with Crippen LogP contribution in [0.4, 0.5) is 5.82 Å². The second-order valence-corrected chi connectivity index (χ2v) is 5.52. The van der Waals surface area contributed by atoms with Crippen LogP contribution in [0, 0.1) is 5.92 Å². The van der Waals surface area contributed by atoms with Gasteiger partial charge in [-0.1, -0.05) is 13.8 Å². The predicted octanol–water partition coefficient (Wildman–Crippen LogP) is 2.23. The second kappa shape index (κ2) is 6.69. The molecule has 4 heteroatoms. The maximum Gasteiger partial charge on any atom is 0.148 e. The van der Waals surface area contributed by atoms with Crippen LogP contribution < -0.4 is 10.6 Å². The third kappa shape index (κ3) is 4.26. The molecule has 0 radical (unpaired) electrons. The van der Waals surface area contributed by atoms with Crippen molar-refractivity contribution < 1.29 is 0 Å². The van der Waals surface area contributed by atoms with Crippen molar-refractivity contribution in [2.24, 2.45) is 5.92 Å². The van der Waals surface area contributed by atoms with E-state index in [4.69, 9.17) is 0 Å². The summed E-state index contributed by atoms with van der Waals surface area (Å²) in [5, 5.41) is 15.3. The third-order valence-corrected chi connectivity index (χ3v) is 3.30. The number of nitrogens with zero attached hydrogens (tertiary/aromatic N) is 2. The molecule has 4 nitrogen and oxygen atoms in total. The number of rotatable bonds is 6. The predicted molar refractivity (Wildman–Crippen MR) is 74.7 cm³/mol. The summed E-state index contributed by atoms with van der Waals surface area (Å²) in [6, 6.07) is 4.79. The smallest absolute Gasteiger partial charge is 0.148 e. The van der Waals surface area contributed by atoms with Gasteiger partial charge in [0.15, 0.2) is 0 Å². The van der Waals surface area contributed by atoms with E-state index >= 15 is 0 Å². The van der Waals surface area contributed by atoms with E-state index in [2.05, 4.69) is 40.7 Å². The fourth-order valence-corrected chi connectivity index (χ4v) is 2.36. The van der Waals surface area contributed by atoms with Gasteiger partial charge in [-0.05, 0) is 50.3 Å². The molecule has 2 rings (SSSR count). The molecule has 0 aromatic carbocycles. The Morgan fingerprint density at radius 3 is 2.89 bits per heavy atom. The van der Waals surface area contributed by atoms with Gasteiger partial charge in [-0.3, -0.25) is 0 Å². The van der Waals surface area contributed by atoms with E-state index in [1.807, 2.05) is 6.07 Å². The maximum absolute atomic E-state index is 4.24. The van der Waals surface area contributed by atoms with Crippen LogP contribution in [0.3, 0.4) is 0 Å². The van der Waals surface area contributed by atoms with Crippen LogP contribution in [0.25, 0.3) is 0 Å². The van der Waals surface area contributed by atoms with Crippen LogP contribution in [0.2, 0.25) is 0 Å². The monoisotopic (exact) mass is 248 g/mol. The molecule has 0 spiro atoms. The Labute approximate surface area is 110 Å². The van der Waals surface area contributed by atoms with E-state index in [1.165, 1.54) is 19.4 Å². The molecule has 1 unspecified atom stereocenters. The topological polar surface area (TPSA) is 49.8 Å². The minimum atomic E-state index is 0.631. The number of aromatic nitrogens is 2. The van der Waals surface area contributed by atoms with Crippen molar-refractivity contribution in [1.82, 2.24) is 15.5 Å². The van der Waals surface area contributed by atoms with Crippen molar-refractivity contribution in [3.63, 3.8) is 0 Å².